The van der Waals surface area contributed by atoms with Crippen molar-refractivity contribution < 1.29 is 14.7 Å². The van der Waals surface area contributed by atoms with Crippen LogP contribution in [0.1, 0.15) is 24.2 Å². The zero-order valence-corrected chi connectivity index (χ0v) is 13.5. The minimum absolute atomic E-state index is 0.0322. The number of hydrogen-bond acceptors (Lipinski definition) is 3. The van der Waals surface area contributed by atoms with Crippen molar-refractivity contribution in [2.75, 3.05) is 20.1 Å². The highest BCUT2D eigenvalue weighted by molar-refractivity contribution is 6.05. The molecular weight excluding hydrogens is 292 g/mol. The van der Waals surface area contributed by atoms with Crippen molar-refractivity contribution in [3.63, 3.8) is 0 Å². The maximum atomic E-state index is 12.9. The van der Waals surface area contributed by atoms with Crippen LogP contribution in [0.3, 0.4) is 0 Å². The van der Waals surface area contributed by atoms with Gasteiger partial charge >= 0.3 is 0 Å². The molecule has 1 N–H and O–H groups in total. The van der Waals surface area contributed by atoms with Gasteiger partial charge in [-0.25, -0.2) is 0 Å². The largest absolute Gasteiger partial charge is 0.506 e. The van der Waals surface area contributed by atoms with Gasteiger partial charge in [0.05, 0.1) is 5.56 Å². The summed E-state index contributed by atoms with van der Waals surface area (Å²) in [6, 6.07) is 10.8. The standard InChI is InChI=1S/C18H20N2O3/c1-18(2)17(23)19(3)10-11-20(18)16(22)14-9-8-12-6-4-5-7-13(12)15(14)21/h4-9,21H,10-11H2,1-3H3. The van der Waals surface area contributed by atoms with Crippen molar-refractivity contribution in [2.24, 2.45) is 0 Å². The van der Waals surface area contributed by atoms with Crippen LogP contribution in [-0.4, -0.2) is 52.4 Å². The molecule has 1 fully saturated rings. The zero-order chi connectivity index (χ0) is 16.8. The van der Waals surface area contributed by atoms with Crippen molar-refractivity contribution in [3.8, 4) is 5.75 Å². The first kappa shape index (κ1) is 15.3. The molecule has 2 aromatic rings. The molecule has 2 amide bonds. The smallest absolute Gasteiger partial charge is 0.258 e. The first-order chi connectivity index (χ1) is 10.8. The lowest BCUT2D eigenvalue weighted by Gasteiger charge is -2.44. The van der Waals surface area contributed by atoms with E-state index >= 15 is 0 Å². The fourth-order valence-corrected chi connectivity index (χ4v) is 3.14. The van der Waals surface area contributed by atoms with Crippen LogP contribution in [0.15, 0.2) is 36.4 Å². The van der Waals surface area contributed by atoms with E-state index in [1.807, 2.05) is 24.3 Å². The van der Waals surface area contributed by atoms with E-state index in [4.69, 9.17) is 0 Å². The second-order valence-corrected chi connectivity index (χ2v) is 6.43. The van der Waals surface area contributed by atoms with Crippen molar-refractivity contribution in [3.05, 3.63) is 42.0 Å². The number of aromatic hydroxyl groups is 1. The molecular formula is C18H20N2O3. The van der Waals surface area contributed by atoms with E-state index in [-0.39, 0.29) is 23.1 Å². The molecule has 23 heavy (non-hydrogen) atoms. The summed E-state index contributed by atoms with van der Waals surface area (Å²) in [6.07, 6.45) is 0. The molecule has 0 spiro atoms. The minimum atomic E-state index is -0.928. The number of benzene rings is 2. The van der Waals surface area contributed by atoms with E-state index < -0.39 is 5.54 Å². The van der Waals surface area contributed by atoms with Gasteiger partial charge in [-0.2, -0.15) is 0 Å². The summed E-state index contributed by atoms with van der Waals surface area (Å²) in [7, 11) is 1.74. The van der Waals surface area contributed by atoms with Crippen molar-refractivity contribution in [1.82, 2.24) is 9.80 Å². The van der Waals surface area contributed by atoms with E-state index in [0.717, 1.165) is 5.39 Å². The van der Waals surface area contributed by atoms with Gasteiger partial charge in [-0.15, -0.1) is 0 Å². The molecule has 1 aliphatic rings. The number of carbonyl (C=O) groups excluding carboxylic acids is 2. The molecule has 1 saturated heterocycles. The number of hydrogen-bond donors (Lipinski definition) is 1. The second-order valence-electron chi connectivity index (χ2n) is 6.43. The molecule has 0 aliphatic carbocycles. The van der Waals surface area contributed by atoms with Crippen LogP contribution in [0.25, 0.3) is 10.8 Å². The molecule has 0 aromatic heterocycles. The summed E-state index contributed by atoms with van der Waals surface area (Å²) < 4.78 is 0. The molecule has 0 bridgehead atoms. The molecule has 2 aromatic carbocycles. The molecule has 5 heteroatoms. The third-order valence-electron chi connectivity index (χ3n) is 4.58. The van der Waals surface area contributed by atoms with Crippen LogP contribution in [0.2, 0.25) is 0 Å². The Morgan fingerprint density at radius 3 is 2.57 bits per heavy atom. The van der Waals surface area contributed by atoms with Gasteiger partial charge in [0.1, 0.15) is 11.3 Å². The van der Waals surface area contributed by atoms with Crippen LogP contribution < -0.4 is 0 Å². The summed E-state index contributed by atoms with van der Waals surface area (Å²) in [5.74, 6) is -0.452. The second kappa shape index (κ2) is 5.26. The molecule has 1 aliphatic heterocycles. The Hall–Kier alpha value is -2.56. The van der Waals surface area contributed by atoms with Crippen LogP contribution >= 0.6 is 0 Å². The monoisotopic (exact) mass is 312 g/mol. The van der Waals surface area contributed by atoms with Crippen LogP contribution in [0.4, 0.5) is 0 Å². The number of likely N-dealkylation sites (N-methyl/N-ethyl adjacent to an activating group) is 1. The highest BCUT2D eigenvalue weighted by Gasteiger charge is 2.43. The topological polar surface area (TPSA) is 60.9 Å². The van der Waals surface area contributed by atoms with Gasteiger partial charge in [-0.05, 0) is 25.3 Å². The summed E-state index contributed by atoms with van der Waals surface area (Å²) in [5.41, 5.74) is -0.698. The highest BCUT2D eigenvalue weighted by atomic mass is 16.3. The normalized spacial score (nSPS) is 17.6. The Morgan fingerprint density at radius 1 is 1.13 bits per heavy atom. The molecule has 3 rings (SSSR count). The third kappa shape index (κ3) is 2.32. The van der Waals surface area contributed by atoms with Gasteiger partial charge < -0.3 is 14.9 Å². The number of phenols is 1. The molecule has 0 saturated carbocycles. The Labute approximate surface area is 135 Å². The predicted octanol–water partition coefficient (Wildman–Crippen LogP) is 2.24. The summed E-state index contributed by atoms with van der Waals surface area (Å²) in [4.78, 5) is 28.5. The van der Waals surface area contributed by atoms with E-state index in [1.165, 1.54) is 0 Å². The Kier molecular flexibility index (Phi) is 3.51. The molecule has 0 atom stereocenters. The van der Waals surface area contributed by atoms with Gasteiger partial charge in [-0.1, -0.05) is 30.3 Å². The maximum Gasteiger partial charge on any atom is 0.258 e. The summed E-state index contributed by atoms with van der Waals surface area (Å²) >= 11 is 0. The van der Waals surface area contributed by atoms with Crippen LogP contribution in [0.5, 0.6) is 5.75 Å². The fourth-order valence-electron chi connectivity index (χ4n) is 3.14. The van der Waals surface area contributed by atoms with E-state index in [2.05, 4.69) is 0 Å². The Bertz CT molecular complexity index is 798. The van der Waals surface area contributed by atoms with Gasteiger partial charge in [0.15, 0.2) is 0 Å². The Morgan fingerprint density at radius 2 is 1.83 bits per heavy atom. The number of phenolic OH excluding ortho intramolecular Hbond substituents is 1. The van der Waals surface area contributed by atoms with Gasteiger partial charge in [0.25, 0.3) is 5.91 Å². The number of fused-ring (bicyclic) bond motifs is 1. The van der Waals surface area contributed by atoms with Crippen molar-refractivity contribution in [2.45, 2.75) is 19.4 Å². The summed E-state index contributed by atoms with van der Waals surface area (Å²) in [6.45, 7) is 4.41. The van der Waals surface area contributed by atoms with E-state index in [0.29, 0.717) is 18.5 Å². The molecule has 5 nitrogen and oxygen atoms in total. The lowest BCUT2D eigenvalue weighted by molar-refractivity contribution is -0.144. The van der Waals surface area contributed by atoms with E-state index in [9.17, 15) is 14.7 Å². The predicted molar refractivity (Wildman–Crippen MR) is 88.4 cm³/mol. The summed E-state index contributed by atoms with van der Waals surface area (Å²) in [5, 5.41) is 12.0. The lowest BCUT2D eigenvalue weighted by atomic mass is 9.95. The molecule has 120 valence electrons. The number of amides is 2. The SMILES string of the molecule is CN1CCN(C(=O)c2ccc3ccccc3c2O)C(C)(C)C1=O. The van der Waals surface area contributed by atoms with Gasteiger partial charge in [-0.3, -0.25) is 9.59 Å². The number of carbonyl (C=O) groups is 2. The lowest BCUT2D eigenvalue weighted by Crippen LogP contribution is -2.63. The average Bonchev–Trinajstić information content (AvgIpc) is 2.53. The average molecular weight is 312 g/mol. The minimum Gasteiger partial charge on any atom is -0.506 e. The number of nitrogens with zero attached hydrogens (tertiary/aromatic N) is 2. The molecule has 1 heterocycles. The number of rotatable bonds is 1. The number of piperazine rings is 1. The van der Waals surface area contributed by atoms with E-state index in [1.54, 1.807) is 42.8 Å². The van der Waals surface area contributed by atoms with Gasteiger partial charge in [0, 0.05) is 25.5 Å². The highest BCUT2D eigenvalue weighted by Crippen LogP contribution is 2.32. The molecule has 0 unspecified atom stereocenters. The first-order valence-electron chi connectivity index (χ1n) is 7.62. The van der Waals surface area contributed by atoms with Gasteiger partial charge in [0.2, 0.25) is 5.91 Å². The third-order valence-corrected chi connectivity index (χ3v) is 4.58. The molecule has 0 radical (unpaired) electrons. The van der Waals surface area contributed by atoms with Crippen molar-refractivity contribution in [1.29, 1.82) is 0 Å². The quantitative estimate of drug-likeness (QED) is 0.878. The fraction of sp³-hybridized carbons (Fsp3) is 0.333. The Balaban J connectivity index is 2.04. The van der Waals surface area contributed by atoms with Crippen molar-refractivity contribution >= 4 is 22.6 Å². The van der Waals surface area contributed by atoms with Crippen LogP contribution in [0, 0.1) is 0 Å². The van der Waals surface area contributed by atoms with Crippen LogP contribution in [-0.2, 0) is 4.79 Å². The zero-order valence-electron chi connectivity index (χ0n) is 13.5. The maximum absolute atomic E-state index is 12.9. The first-order valence-corrected chi connectivity index (χ1v) is 7.62.